The van der Waals surface area contributed by atoms with E-state index in [-0.39, 0.29) is 24.5 Å². The molecular formula is C25H17Cl3O5. The summed E-state index contributed by atoms with van der Waals surface area (Å²) < 4.78 is 17.0. The van der Waals surface area contributed by atoms with E-state index in [0.29, 0.717) is 43.8 Å². The first-order chi connectivity index (χ1) is 15.9. The second kappa shape index (κ2) is 10.3. The van der Waals surface area contributed by atoms with Crippen LogP contribution in [0.5, 0.6) is 11.5 Å². The zero-order chi connectivity index (χ0) is 23.4. The maximum absolute atomic E-state index is 13.1. The summed E-state index contributed by atoms with van der Waals surface area (Å²) in [6.07, 6.45) is 0.379. The van der Waals surface area contributed by atoms with Crippen molar-refractivity contribution in [1.82, 2.24) is 0 Å². The Morgan fingerprint density at radius 3 is 2.39 bits per heavy atom. The van der Waals surface area contributed by atoms with E-state index in [4.69, 9.17) is 48.7 Å². The number of rotatable bonds is 7. The number of hydrogen-bond acceptors (Lipinski definition) is 5. The van der Waals surface area contributed by atoms with Crippen molar-refractivity contribution in [1.29, 1.82) is 0 Å². The molecule has 33 heavy (non-hydrogen) atoms. The molecule has 0 radical (unpaired) electrons. The maximum atomic E-state index is 13.1. The Hall–Kier alpha value is -2.99. The molecule has 1 heterocycles. The zero-order valence-corrected chi connectivity index (χ0v) is 19.4. The van der Waals surface area contributed by atoms with Crippen LogP contribution in [0.2, 0.25) is 15.1 Å². The normalized spacial score (nSPS) is 10.9. The van der Waals surface area contributed by atoms with Gasteiger partial charge in [-0.1, -0.05) is 46.9 Å². The molecule has 0 bridgehead atoms. The number of hydrogen-bond donors (Lipinski definition) is 0. The van der Waals surface area contributed by atoms with Crippen LogP contribution >= 0.6 is 34.8 Å². The van der Waals surface area contributed by atoms with Crippen molar-refractivity contribution in [3.8, 4) is 22.8 Å². The third kappa shape index (κ3) is 5.50. The molecule has 3 aromatic carbocycles. The van der Waals surface area contributed by atoms with Gasteiger partial charge < -0.3 is 13.9 Å². The molecule has 0 aliphatic heterocycles. The highest BCUT2D eigenvalue weighted by atomic mass is 35.5. The summed E-state index contributed by atoms with van der Waals surface area (Å²) in [4.78, 5) is 25.6. The van der Waals surface area contributed by atoms with Gasteiger partial charge in [-0.2, -0.15) is 0 Å². The molecule has 4 rings (SSSR count). The summed E-state index contributed by atoms with van der Waals surface area (Å²) >= 11 is 17.9. The molecule has 0 aliphatic rings. The van der Waals surface area contributed by atoms with Crippen LogP contribution in [0.25, 0.3) is 22.3 Å². The van der Waals surface area contributed by atoms with Gasteiger partial charge in [-0.05, 0) is 61.0 Å². The Kier molecular flexibility index (Phi) is 7.23. The summed E-state index contributed by atoms with van der Waals surface area (Å²) in [6.45, 7) is 0.229. The molecule has 5 nitrogen and oxygen atoms in total. The minimum absolute atomic E-state index is 0.0253. The van der Waals surface area contributed by atoms with Crippen LogP contribution in [-0.2, 0) is 4.79 Å². The molecule has 168 valence electrons. The molecule has 0 fully saturated rings. The van der Waals surface area contributed by atoms with Crippen molar-refractivity contribution < 1.29 is 18.7 Å². The molecule has 0 atom stereocenters. The highest BCUT2D eigenvalue weighted by Crippen LogP contribution is 2.32. The Morgan fingerprint density at radius 1 is 0.909 bits per heavy atom. The lowest BCUT2D eigenvalue weighted by Crippen LogP contribution is -2.16. The van der Waals surface area contributed by atoms with Crippen LogP contribution in [0.4, 0.5) is 0 Å². The predicted molar refractivity (Wildman–Crippen MR) is 130 cm³/mol. The van der Waals surface area contributed by atoms with Crippen molar-refractivity contribution in [2.45, 2.75) is 12.8 Å². The fourth-order valence-electron chi connectivity index (χ4n) is 3.16. The van der Waals surface area contributed by atoms with Crippen molar-refractivity contribution >= 4 is 51.7 Å². The molecule has 0 amide bonds. The van der Waals surface area contributed by atoms with Gasteiger partial charge in [0.05, 0.1) is 17.0 Å². The standard InChI is InChI=1S/C25H17Cl3O5/c26-16-9-7-15(8-10-16)24-25(23(30)18-4-1-2-5-20(18)32-24)33-22(29)6-3-13-31-21-12-11-17(27)14-19(21)28/h1-2,4-5,7-12,14H,3,6,13H2. The molecule has 0 N–H and O–H groups in total. The van der Waals surface area contributed by atoms with E-state index in [1.165, 1.54) is 0 Å². The van der Waals surface area contributed by atoms with Crippen molar-refractivity contribution in [2.24, 2.45) is 0 Å². The SMILES string of the molecule is O=C(CCCOc1ccc(Cl)cc1Cl)Oc1c(-c2ccc(Cl)cc2)oc2ccccc2c1=O. The minimum Gasteiger partial charge on any atom is -0.492 e. The summed E-state index contributed by atoms with van der Waals surface area (Å²) in [6, 6.07) is 18.4. The first kappa shape index (κ1) is 23.2. The Balaban J connectivity index is 1.51. The van der Waals surface area contributed by atoms with Gasteiger partial charge in [0.2, 0.25) is 11.2 Å². The maximum Gasteiger partial charge on any atom is 0.311 e. The first-order valence-electron chi connectivity index (χ1n) is 10.0. The van der Waals surface area contributed by atoms with E-state index in [0.717, 1.165) is 0 Å². The Labute approximate surface area is 204 Å². The quantitative estimate of drug-likeness (QED) is 0.197. The topological polar surface area (TPSA) is 65.7 Å². The fourth-order valence-corrected chi connectivity index (χ4v) is 3.75. The van der Waals surface area contributed by atoms with Gasteiger partial charge in [-0.3, -0.25) is 9.59 Å². The van der Waals surface area contributed by atoms with E-state index in [1.807, 2.05) is 0 Å². The minimum atomic E-state index is -0.585. The Morgan fingerprint density at radius 2 is 1.64 bits per heavy atom. The Bertz CT molecular complexity index is 1360. The highest BCUT2D eigenvalue weighted by molar-refractivity contribution is 6.35. The van der Waals surface area contributed by atoms with E-state index in [1.54, 1.807) is 66.7 Å². The average molecular weight is 504 g/mol. The zero-order valence-electron chi connectivity index (χ0n) is 17.1. The molecule has 0 saturated heterocycles. The number of benzene rings is 3. The number of halogens is 3. The number of para-hydroxylation sites is 1. The molecule has 0 aliphatic carbocycles. The molecule has 0 spiro atoms. The van der Waals surface area contributed by atoms with Crippen molar-refractivity contribution in [3.63, 3.8) is 0 Å². The lowest BCUT2D eigenvalue weighted by molar-refractivity contribution is -0.134. The van der Waals surface area contributed by atoms with Crippen LogP contribution in [0.1, 0.15) is 12.8 Å². The second-order valence-corrected chi connectivity index (χ2v) is 8.37. The number of ether oxygens (including phenoxy) is 2. The van der Waals surface area contributed by atoms with Crippen LogP contribution in [-0.4, -0.2) is 12.6 Å². The van der Waals surface area contributed by atoms with Gasteiger partial charge in [0.25, 0.3) is 0 Å². The third-order valence-corrected chi connectivity index (χ3v) is 5.54. The average Bonchev–Trinajstić information content (AvgIpc) is 2.80. The molecule has 0 unspecified atom stereocenters. The third-order valence-electron chi connectivity index (χ3n) is 4.76. The lowest BCUT2D eigenvalue weighted by atomic mass is 10.1. The summed E-state index contributed by atoms with van der Waals surface area (Å²) in [7, 11) is 0. The van der Waals surface area contributed by atoms with E-state index >= 15 is 0 Å². The number of carbonyl (C=O) groups is 1. The van der Waals surface area contributed by atoms with Gasteiger partial charge in [-0.25, -0.2) is 0 Å². The van der Waals surface area contributed by atoms with Gasteiger partial charge in [0.15, 0.2) is 5.76 Å². The molecular weight excluding hydrogens is 487 g/mol. The fraction of sp³-hybridized carbons (Fsp3) is 0.120. The second-order valence-electron chi connectivity index (χ2n) is 7.09. The van der Waals surface area contributed by atoms with Crippen LogP contribution in [0.15, 0.2) is 75.9 Å². The van der Waals surface area contributed by atoms with Crippen molar-refractivity contribution in [3.05, 3.63) is 92.0 Å². The van der Waals surface area contributed by atoms with Gasteiger partial charge in [-0.15, -0.1) is 0 Å². The molecule has 1 aromatic heterocycles. The van der Waals surface area contributed by atoms with Crippen LogP contribution in [0, 0.1) is 0 Å². The summed E-state index contributed by atoms with van der Waals surface area (Å²) in [5.41, 5.74) is 0.519. The predicted octanol–water partition coefficient (Wildman–Crippen LogP) is 7.18. The van der Waals surface area contributed by atoms with Crippen molar-refractivity contribution in [2.75, 3.05) is 6.61 Å². The number of fused-ring (bicyclic) bond motifs is 1. The van der Waals surface area contributed by atoms with Crippen LogP contribution in [0.3, 0.4) is 0 Å². The van der Waals surface area contributed by atoms with Gasteiger partial charge >= 0.3 is 5.97 Å². The molecule has 8 heteroatoms. The van der Waals surface area contributed by atoms with Gasteiger partial charge in [0.1, 0.15) is 11.3 Å². The van der Waals surface area contributed by atoms with E-state index < -0.39 is 11.4 Å². The smallest absolute Gasteiger partial charge is 0.311 e. The number of esters is 1. The first-order valence-corrected chi connectivity index (χ1v) is 11.2. The largest absolute Gasteiger partial charge is 0.492 e. The summed E-state index contributed by atoms with van der Waals surface area (Å²) in [5.74, 6) is -0.121. The molecule has 4 aromatic rings. The van der Waals surface area contributed by atoms with E-state index in [9.17, 15) is 9.59 Å². The van der Waals surface area contributed by atoms with Gasteiger partial charge in [0, 0.05) is 22.0 Å². The molecule has 0 saturated carbocycles. The van der Waals surface area contributed by atoms with Crippen LogP contribution < -0.4 is 14.9 Å². The number of carbonyl (C=O) groups excluding carboxylic acids is 1. The van der Waals surface area contributed by atoms with E-state index in [2.05, 4.69) is 0 Å². The lowest BCUT2D eigenvalue weighted by Gasteiger charge is -2.11. The summed E-state index contributed by atoms with van der Waals surface area (Å²) in [5, 5.41) is 1.73. The highest BCUT2D eigenvalue weighted by Gasteiger charge is 2.20. The monoisotopic (exact) mass is 502 g/mol.